The van der Waals surface area contributed by atoms with Crippen LogP contribution in [0.5, 0.6) is 0 Å². The predicted octanol–water partition coefficient (Wildman–Crippen LogP) is 2.73. The van der Waals surface area contributed by atoms with Gasteiger partial charge in [0.2, 0.25) is 0 Å². The summed E-state index contributed by atoms with van der Waals surface area (Å²) in [6.45, 7) is 8.87. The van der Waals surface area contributed by atoms with Gasteiger partial charge in [0.1, 0.15) is 0 Å². The van der Waals surface area contributed by atoms with Crippen LogP contribution in [0.3, 0.4) is 0 Å². The molecule has 100 valence electrons. The Balaban J connectivity index is 2.27. The zero-order valence-corrected chi connectivity index (χ0v) is 12.0. The quantitative estimate of drug-likeness (QED) is 0.909. The lowest BCUT2D eigenvalue weighted by atomic mass is 9.91. The van der Waals surface area contributed by atoms with E-state index in [1.54, 1.807) is 6.20 Å². The molecule has 0 spiro atoms. The average molecular weight is 268 g/mol. The highest BCUT2D eigenvalue weighted by atomic mass is 35.5. The van der Waals surface area contributed by atoms with Gasteiger partial charge in [-0.3, -0.25) is 9.88 Å². The Morgan fingerprint density at radius 3 is 2.78 bits per heavy atom. The second kappa shape index (κ2) is 6.50. The van der Waals surface area contributed by atoms with Crippen LogP contribution in [0.1, 0.15) is 31.9 Å². The van der Waals surface area contributed by atoms with Crippen molar-refractivity contribution in [2.75, 3.05) is 26.2 Å². The third-order valence-electron chi connectivity index (χ3n) is 3.85. The maximum atomic E-state index is 6.33. The summed E-state index contributed by atoms with van der Waals surface area (Å²) in [4.78, 5) is 6.64. The van der Waals surface area contributed by atoms with Crippen molar-refractivity contribution in [3.8, 4) is 0 Å². The zero-order valence-electron chi connectivity index (χ0n) is 11.2. The summed E-state index contributed by atoms with van der Waals surface area (Å²) in [6.07, 6.45) is 4.76. The van der Waals surface area contributed by atoms with Gasteiger partial charge in [-0.2, -0.15) is 0 Å². The first-order valence-corrected chi connectivity index (χ1v) is 7.16. The second-order valence-electron chi connectivity index (χ2n) is 5.01. The molecule has 0 aliphatic carbocycles. The molecule has 1 aromatic rings. The van der Waals surface area contributed by atoms with Gasteiger partial charge in [-0.25, -0.2) is 0 Å². The Bertz CT molecular complexity index is 377. The molecule has 1 aromatic heterocycles. The summed E-state index contributed by atoms with van der Waals surface area (Å²) in [5, 5.41) is 4.20. The third-order valence-corrected chi connectivity index (χ3v) is 4.17. The number of pyridine rings is 1. The molecule has 0 aromatic carbocycles. The van der Waals surface area contributed by atoms with Crippen LogP contribution in [-0.4, -0.2) is 36.1 Å². The Hall–Kier alpha value is -0.640. The van der Waals surface area contributed by atoms with Crippen molar-refractivity contribution in [1.29, 1.82) is 0 Å². The third kappa shape index (κ3) is 3.02. The van der Waals surface area contributed by atoms with Crippen LogP contribution in [0.15, 0.2) is 18.5 Å². The fraction of sp³-hybridized carbons (Fsp3) is 0.643. The number of piperazine rings is 1. The number of nitrogens with one attached hydrogen (secondary N) is 1. The van der Waals surface area contributed by atoms with Gasteiger partial charge in [0.15, 0.2) is 0 Å². The van der Waals surface area contributed by atoms with E-state index >= 15 is 0 Å². The number of hydrogen-bond donors (Lipinski definition) is 1. The fourth-order valence-corrected chi connectivity index (χ4v) is 2.90. The smallest absolute Gasteiger partial charge is 0.0637 e. The van der Waals surface area contributed by atoms with Gasteiger partial charge in [-0.1, -0.05) is 31.9 Å². The maximum absolute atomic E-state index is 6.33. The van der Waals surface area contributed by atoms with Crippen molar-refractivity contribution in [3.63, 3.8) is 0 Å². The minimum atomic E-state index is 0.410. The fourth-order valence-electron chi connectivity index (χ4n) is 2.67. The number of rotatable bonds is 4. The second-order valence-corrected chi connectivity index (χ2v) is 5.42. The molecule has 1 unspecified atom stereocenters. The van der Waals surface area contributed by atoms with Crippen LogP contribution in [0.25, 0.3) is 0 Å². The molecule has 0 saturated carbocycles. The molecule has 2 atom stereocenters. The van der Waals surface area contributed by atoms with Gasteiger partial charge in [0, 0.05) is 44.6 Å². The number of aromatic nitrogens is 1. The molecule has 1 saturated heterocycles. The SMILES string of the molecule is CCC(C)[C@H](c1ccncc1Cl)N1CCNCC1. The van der Waals surface area contributed by atoms with Crippen LogP contribution < -0.4 is 5.32 Å². The summed E-state index contributed by atoms with van der Waals surface area (Å²) in [7, 11) is 0. The minimum absolute atomic E-state index is 0.410. The van der Waals surface area contributed by atoms with E-state index in [4.69, 9.17) is 11.6 Å². The van der Waals surface area contributed by atoms with Crippen LogP contribution >= 0.6 is 11.6 Å². The summed E-state index contributed by atoms with van der Waals surface area (Å²) >= 11 is 6.33. The number of nitrogens with zero attached hydrogens (tertiary/aromatic N) is 2. The zero-order chi connectivity index (χ0) is 13.0. The van der Waals surface area contributed by atoms with E-state index in [2.05, 4.69) is 35.1 Å². The molecule has 1 aliphatic heterocycles. The Kier molecular flexibility index (Phi) is 4.98. The molecule has 2 heterocycles. The molecule has 1 aliphatic rings. The Morgan fingerprint density at radius 1 is 1.44 bits per heavy atom. The van der Waals surface area contributed by atoms with Gasteiger partial charge in [0.05, 0.1) is 5.02 Å². The lowest BCUT2D eigenvalue weighted by molar-refractivity contribution is 0.128. The van der Waals surface area contributed by atoms with Gasteiger partial charge in [-0.15, -0.1) is 0 Å². The Labute approximate surface area is 115 Å². The average Bonchev–Trinajstić information content (AvgIpc) is 2.42. The summed E-state index contributed by atoms with van der Waals surface area (Å²) in [6, 6.07) is 2.48. The standard InChI is InChI=1S/C14H22ClN3/c1-3-11(2)14(18-8-6-16-7-9-18)12-4-5-17-10-13(12)15/h4-5,10-11,14,16H,3,6-9H2,1-2H3/t11?,14-/m1/s1. The van der Waals surface area contributed by atoms with Crippen molar-refractivity contribution in [2.45, 2.75) is 26.3 Å². The number of hydrogen-bond acceptors (Lipinski definition) is 3. The van der Waals surface area contributed by atoms with E-state index in [0.29, 0.717) is 12.0 Å². The van der Waals surface area contributed by atoms with E-state index in [9.17, 15) is 0 Å². The predicted molar refractivity (Wildman–Crippen MR) is 75.9 cm³/mol. The van der Waals surface area contributed by atoms with E-state index in [0.717, 1.165) is 37.6 Å². The van der Waals surface area contributed by atoms with Crippen LogP contribution in [-0.2, 0) is 0 Å². The topological polar surface area (TPSA) is 28.2 Å². The highest BCUT2D eigenvalue weighted by Crippen LogP contribution is 2.34. The van der Waals surface area contributed by atoms with Crippen molar-refractivity contribution in [1.82, 2.24) is 15.2 Å². The van der Waals surface area contributed by atoms with E-state index in [-0.39, 0.29) is 0 Å². The molecule has 4 heteroatoms. The molecule has 3 nitrogen and oxygen atoms in total. The van der Waals surface area contributed by atoms with Crippen LogP contribution in [0.4, 0.5) is 0 Å². The molecular weight excluding hydrogens is 246 g/mol. The van der Waals surface area contributed by atoms with E-state index in [1.165, 1.54) is 5.56 Å². The van der Waals surface area contributed by atoms with E-state index in [1.807, 2.05) is 6.20 Å². The lowest BCUT2D eigenvalue weighted by Gasteiger charge is -2.38. The summed E-state index contributed by atoms with van der Waals surface area (Å²) < 4.78 is 0. The monoisotopic (exact) mass is 267 g/mol. The van der Waals surface area contributed by atoms with E-state index < -0.39 is 0 Å². The normalized spacial score (nSPS) is 20.6. The summed E-state index contributed by atoms with van der Waals surface area (Å²) in [5.74, 6) is 0.600. The molecule has 1 N–H and O–H groups in total. The van der Waals surface area contributed by atoms with Gasteiger partial charge in [-0.05, 0) is 17.5 Å². The van der Waals surface area contributed by atoms with Gasteiger partial charge >= 0.3 is 0 Å². The molecule has 0 radical (unpaired) electrons. The highest BCUT2D eigenvalue weighted by Gasteiger charge is 2.27. The minimum Gasteiger partial charge on any atom is -0.314 e. The Morgan fingerprint density at radius 2 is 2.17 bits per heavy atom. The maximum Gasteiger partial charge on any atom is 0.0637 e. The molecular formula is C14H22ClN3. The molecule has 0 amide bonds. The molecule has 0 bridgehead atoms. The highest BCUT2D eigenvalue weighted by molar-refractivity contribution is 6.31. The molecule has 1 fully saturated rings. The van der Waals surface area contributed by atoms with Crippen molar-refractivity contribution in [2.24, 2.45) is 5.92 Å². The molecule has 18 heavy (non-hydrogen) atoms. The van der Waals surface area contributed by atoms with Gasteiger partial charge in [0.25, 0.3) is 0 Å². The van der Waals surface area contributed by atoms with Crippen molar-refractivity contribution < 1.29 is 0 Å². The largest absolute Gasteiger partial charge is 0.314 e. The van der Waals surface area contributed by atoms with Gasteiger partial charge < -0.3 is 5.32 Å². The van der Waals surface area contributed by atoms with Crippen LogP contribution in [0, 0.1) is 5.92 Å². The first kappa shape index (κ1) is 13.8. The number of halogens is 1. The first-order chi connectivity index (χ1) is 8.74. The van der Waals surface area contributed by atoms with Crippen molar-refractivity contribution in [3.05, 3.63) is 29.0 Å². The molecule has 2 rings (SSSR count). The van der Waals surface area contributed by atoms with Crippen LogP contribution in [0.2, 0.25) is 5.02 Å². The van der Waals surface area contributed by atoms with Crippen molar-refractivity contribution >= 4 is 11.6 Å². The summed E-state index contributed by atoms with van der Waals surface area (Å²) in [5.41, 5.74) is 1.22. The lowest BCUT2D eigenvalue weighted by Crippen LogP contribution is -2.46. The first-order valence-electron chi connectivity index (χ1n) is 6.78.